The van der Waals surface area contributed by atoms with Gasteiger partial charge in [-0.15, -0.1) is 0 Å². The van der Waals surface area contributed by atoms with Gasteiger partial charge >= 0.3 is 11.9 Å². The monoisotopic (exact) mass is 555 g/mol. The van der Waals surface area contributed by atoms with Gasteiger partial charge in [-0.3, -0.25) is 14.4 Å². The van der Waals surface area contributed by atoms with Crippen LogP contribution in [-0.4, -0.2) is 33.5 Å². The Bertz CT molecular complexity index is 1660. The summed E-state index contributed by atoms with van der Waals surface area (Å²) in [6.45, 7) is 2.33. The number of hydrogen-bond donors (Lipinski definition) is 1. The van der Waals surface area contributed by atoms with Crippen LogP contribution in [0.5, 0.6) is 11.5 Å². The van der Waals surface area contributed by atoms with Gasteiger partial charge in [-0.1, -0.05) is 30.4 Å². The second kappa shape index (κ2) is 11.0. The molecular weight excluding hydrogens is 522 g/mol. The third-order valence-electron chi connectivity index (χ3n) is 8.41. The van der Waals surface area contributed by atoms with Crippen LogP contribution in [0.1, 0.15) is 96.8 Å². The Balaban J connectivity index is 1.50. The topological polar surface area (TPSA) is 112 Å². The van der Waals surface area contributed by atoms with Crippen LogP contribution in [0.3, 0.4) is 0 Å². The van der Waals surface area contributed by atoms with Crippen molar-refractivity contribution >= 4 is 34.7 Å². The number of Topliss-reactive ketones (excluding diaryl/α,β-unsaturated/α-hetero) is 1. The van der Waals surface area contributed by atoms with Crippen molar-refractivity contribution in [2.24, 2.45) is 0 Å². The van der Waals surface area contributed by atoms with Crippen molar-refractivity contribution in [3.63, 3.8) is 0 Å². The number of allylic oxidation sites excluding steroid dienone is 1. The minimum Gasteiger partial charge on any atom is -0.507 e. The van der Waals surface area contributed by atoms with E-state index in [0.29, 0.717) is 56.2 Å². The molecular formula is C33H33NO7. The number of carbonyl (C=O) groups excluding carboxylic acids is 3. The Morgan fingerprint density at radius 1 is 1.00 bits per heavy atom. The summed E-state index contributed by atoms with van der Waals surface area (Å²) in [6.07, 6.45) is 7.97. The Kier molecular flexibility index (Phi) is 7.24. The van der Waals surface area contributed by atoms with E-state index in [9.17, 15) is 24.3 Å². The van der Waals surface area contributed by atoms with Crippen molar-refractivity contribution in [1.82, 2.24) is 4.57 Å². The van der Waals surface area contributed by atoms with E-state index in [4.69, 9.17) is 9.47 Å². The highest BCUT2D eigenvalue weighted by Crippen LogP contribution is 2.47. The SMILES string of the molecule is C[C@H]1CCCC(=O)CCC/C=C/c2cc3c(c(O)c2C(=O)O1)[C@H](c1cc2cccc4c2n(c1=O)CCC4)CC(=O)O3. The molecule has 2 aromatic carbocycles. The maximum absolute atomic E-state index is 13.9. The quantitative estimate of drug-likeness (QED) is 0.308. The van der Waals surface area contributed by atoms with Crippen LogP contribution in [0, 0.1) is 0 Å². The molecule has 0 unspecified atom stereocenters. The lowest BCUT2D eigenvalue weighted by atomic mass is 9.83. The zero-order chi connectivity index (χ0) is 28.7. The number of carbonyl (C=O) groups is 3. The zero-order valence-electron chi connectivity index (χ0n) is 23.1. The normalized spacial score (nSPS) is 22.2. The standard InChI is InChI=1S/C33H33NO7/c1-19-8-5-14-23(35)13-4-2-3-9-21-17-26-29(31(37)28(21)33(39)40-19)24(18-27(36)41-26)25-16-22-11-6-10-20-12-7-15-34(30(20)22)32(25)38/h3,6,9-11,16-17,19,24,37H,2,4-5,7-8,12-15,18H2,1H3/b9-3+/t19-,24-/m0/s1. The maximum atomic E-state index is 13.9. The van der Waals surface area contributed by atoms with Crippen molar-refractivity contribution < 1.29 is 29.0 Å². The summed E-state index contributed by atoms with van der Waals surface area (Å²) < 4.78 is 13.1. The molecule has 41 heavy (non-hydrogen) atoms. The van der Waals surface area contributed by atoms with Gasteiger partial charge in [0.05, 0.1) is 18.0 Å². The number of pyridine rings is 1. The summed E-state index contributed by atoms with van der Waals surface area (Å²) in [6, 6.07) is 9.32. The van der Waals surface area contributed by atoms with E-state index < -0.39 is 24.0 Å². The van der Waals surface area contributed by atoms with Gasteiger partial charge in [-0.05, 0) is 74.1 Å². The molecule has 8 nitrogen and oxygen atoms in total. The number of rotatable bonds is 1. The minimum absolute atomic E-state index is 0.0209. The van der Waals surface area contributed by atoms with Gasteiger partial charge < -0.3 is 19.1 Å². The van der Waals surface area contributed by atoms with E-state index in [2.05, 4.69) is 0 Å². The molecule has 0 saturated heterocycles. The molecule has 3 aliphatic rings. The highest BCUT2D eigenvalue weighted by atomic mass is 16.5. The first kappa shape index (κ1) is 27.0. The summed E-state index contributed by atoms with van der Waals surface area (Å²) >= 11 is 0. The number of para-hydroxylation sites is 1. The fourth-order valence-electron chi connectivity index (χ4n) is 6.42. The first-order chi connectivity index (χ1) is 19.8. The summed E-state index contributed by atoms with van der Waals surface area (Å²) in [5.41, 5.74) is 2.77. The number of aromatic nitrogens is 1. The van der Waals surface area contributed by atoms with Gasteiger partial charge in [0.25, 0.3) is 5.56 Å². The van der Waals surface area contributed by atoms with Crippen molar-refractivity contribution in [1.29, 1.82) is 0 Å². The largest absolute Gasteiger partial charge is 0.507 e. The lowest BCUT2D eigenvalue weighted by Gasteiger charge is -2.28. The van der Waals surface area contributed by atoms with Crippen LogP contribution in [0.2, 0.25) is 0 Å². The van der Waals surface area contributed by atoms with Crippen LogP contribution in [0.15, 0.2) is 41.2 Å². The first-order valence-corrected chi connectivity index (χ1v) is 14.5. The molecule has 8 heteroatoms. The molecule has 3 aliphatic heterocycles. The summed E-state index contributed by atoms with van der Waals surface area (Å²) in [5, 5.41) is 12.6. The van der Waals surface area contributed by atoms with Crippen molar-refractivity contribution in [3.05, 3.63) is 74.6 Å². The lowest BCUT2D eigenvalue weighted by molar-refractivity contribution is -0.135. The average molecular weight is 556 g/mol. The molecule has 0 spiro atoms. The fourth-order valence-corrected chi connectivity index (χ4v) is 6.42. The molecule has 0 saturated carbocycles. The number of ketones is 1. The zero-order valence-corrected chi connectivity index (χ0v) is 23.1. The second-order valence-electron chi connectivity index (χ2n) is 11.3. The predicted octanol–water partition coefficient (Wildman–Crippen LogP) is 5.58. The van der Waals surface area contributed by atoms with Crippen LogP contribution in [-0.2, 0) is 27.3 Å². The van der Waals surface area contributed by atoms with E-state index in [-0.39, 0.29) is 40.4 Å². The number of hydrogen-bond acceptors (Lipinski definition) is 7. The molecule has 0 radical (unpaired) electrons. The van der Waals surface area contributed by atoms with Gasteiger partial charge in [0.1, 0.15) is 22.8 Å². The Morgan fingerprint density at radius 3 is 2.68 bits per heavy atom. The van der Waals surface area contributed by atoms with E-state index in [1.54, 1.807) is 23.6 Å². The van der Waals surface area contributed by atoms with E-state index >= 15 is 0 Å². The molecule has 3 aromatic rings. The number of ether oxygens (including phenoxy) is 2. The fraction of sp³-hybridized carbons (Fsp3) is 0.394. The van der Waals surface area contributed by atoms with Gasteiger partial charge in [-0.2, -0.15) is 0 Å². The molecule has 2 atom stereocenters. The van der Waals surface area contributed by atoms with Crippen molar-refractivity contribution in [2.45, 2.75) is 83.3 Å². The van der Waals surface area contributed by atoms with Gasteiger partial charge in [0.2, 0.25) is 0 Å². The number of cyclic esters (lactones) is 1. The Morgan fingerprint density at radius 2 is 1.83 bits per heavy atom. The van der Waals surface area contributed by atoms with Crippen LogP contribution in [0.4, 0.5) is 0 Å². The number of phenolic OH excluding ortho intramolecular Hbond substituents is 1. The number of esters is 2. The summed E-state index contributed by atoms with van der Waals surface area (Å²) in [5.74, 6) is -2.05. The Hall–Kier alpha value is -4.20. The van der Waals surface area contributed by atoms with Gasteiger partial charge in [-0.25, -0.2) is 4.79 Å². The minimum atomic E-state index is -0.795. The summed E-state index contributed by atoms with van der Waals surface area (Å²) in [7, 11) is 0. The number of benzene rings is 2. The van der Waals surface area contributed by atoms with Gasteiger partial charge in [0.15, 0.2) is 0 Å². The highest BCUT2D eigenvalue weighted by molar-refractivity contribution is 5.99. The highest BCUT2D eigenvalue weighted by Gasteiger charge is 2.37. The van der Waals surface area contributed by atoms with Crippen molar-refractivity contribution in [3.8, 4) is 11.5 Å². The average Bonchev–Trinajstić information content (AvgIpc) is 2.93. The maximum Gasteiger partial charge on any atom is 0.342 e. The van der Waals surface area contributed by atoms with E-state index in [0.717, 1.165) is 29.3 Å². The van der Waals surface area contributed by atoms with E-state index in [1.807, 2.05) is 30.3 Å². The molecule has 6 rings (SSSR count). The van der Waals surface area contributed by atoms with Gasteiger partial charge in [0, 0.05) is 36.4 Å². The lowest BCUT2D eigenvalue weighted by Crippen LogP contribution is -2.32. The molecule has 0 aliphatic carbocycles. The number of nitrogens with zero attached hydrogens (tertiary/aromatic N) is 1. The Labute approximate surface area is 237 Å². The smallest absolute Gasteiger partial charge is 0.342 e. The van der Waals surface area contributed by atoms with Crippen molar-refractivity contribution in [2.75, 3.05) is 0 Å². The predicted molar refractivity (Wildman–Crippen MR) is 153 cm³/mol. The number of aromatic hydroxyl groups is 1. The molecule has 0 bridgehead atoms. The van der Waals surface area contributed by atoms with E-state index in [1.165, 1.54) is 0 Å². The molecule has 0 amide bonds. The number of aryl methyl sites for hydroxylation is 2. The molecule has 0 fully saturated rings. The molecule has 1 aromatic heterocycles. The second-order valence-corrected chi connectivity index (χ2v) is 11.3. The molecule has 212 valence electrons. The third kappa shape index (κ3) is 5.07. The molecule has 4 heterocycles. The first-order valence-electron chi connectivity index (χ1n) is 14.5. The number of phenols is 1. The van der Waals surface area contributed by atoms with Crippen LogP contribution in [0.25, 0.3) is 17.0 Å². The van der Waals surface area contributed by atoms with Crippen LogP contribution >= 0.6 is 0 Å². The van der Waals surface area contributed by atoms with Crippen LogP contribution < -0.4 is 10.3 Å². The summed E-state index contributed by atoms with van der Waals surface area (Å²) in [4.78, 5) is 52.3. The third-order valence-corrected chi connectivity index (χ3v) is 8.41. The molecule has 1 N–H and O–H groups in total. The number of fused-ring (bicyclic) bond motifs is 2.